The number of likely N-dealkylation sites (tertiary alicyclic amines) is 1. The Labute approximate surface area is 118 Å². The van der Waals surface area contributed by atoms with Gasteiger partial charge in [-0.05, 0) is 26.1 Å². The molecule has 1 fully saturated rings. The Morgan fingerprint density at radius 3 is 2.60 bits per heavy atom. The zero-order valence-corrected chi connectivity index (χ0v) is 11.9. The molecule has 1 aliphatic heterocycles. The van der Waals surface area contributed by atoms with Crippen LogP contribution in [0.4, 0.5) is 5.69 Å². The Morgan fingerprint density at radius 2 is 2.00 bits per heavy atom. The first-order chi connectivity index (χ1) is 9.47. The van der Waals surface area contributed by atoms with Gasteiger partial charge in [0, 0.05) is 37.1 Å². The van der Waals surface area contributed by atoms with Crippen LogP contribution in [0.25, 0.3) is 0 Å². The second kappa shape index (κ2) is 6.00. The molecule has 0 spiro atoms. The Balaban J connectivity index is 2.03. The second-order valence-electron chi connectivity index (χ2n) is 5.32. The summed E-state index contributed by atoms with van der Waals surface area (Å²) in [6.45, 7) is 5.25. The summed E-state index contributed by atoms with van der Waals surface area (Å²) in [5.74, 6) is 0.871. The number of hydrogen-bond acceptors (Lipinski definition) is 5. The lowest BCUT2D eigenvalue weighted by Gasteiger charge is -2.34. The monoisotopic (exact) mass is 277 g/mol. The van der Waals surface area contributed by atoms with Gasteiger partial charge in [-0.1, -0.05) is 12.1 Å². The Kier molecular flexibility index (Phi) is 4.34. The molecule has 0 aliphatic carbocycles. The number of piperidine rings is 1. The van der Waals surface area contributed by atoms with Gasteiger partial charge in [0.25, 0.3) is 5.69 Å². The lowest BCUT2D eigenvalue weighted by atomic mass is 9.93. The fraction of sp³-hybridized carbons (Fsp3) is 0.500. The highest BCUT2D eigenvalue weighted by Crippen LogP contribution is 2.21. The molecule has 108 valence electrons. The van der Waals surface area contributed by atoms with Crippen molar-refractivity contribution < 1.29 is 9.76 Å². The van der Waals surface area contributed by atoms with Crippen LogP contribution < -0.4 is 4.84 Å². The van der Waals surface area contributed by atoms with Gasteiger partial charge < -0.3 is 9.74 Å². The van der Waals surface area contributed by atoms with Crippen LogP contribution in [0, 0.1) is 16.0 Å². The summed E-state index contributed by atoms with van der Waals surface area (Å²) in [5, 5.41) is 14.8. The molecule has 1 aromatic carbocycles. The van der Waals surface area contributed by atoms with E-state index >= 15 is 0 Å². The Bertz CT molecular complexity index is 513. The average molecular weight is 277 g/mol. The van der Waals surface area contributed by atoms with Gasteiger partial charge in [-0.3, -0.25) is 10.1 Å². The average Bonchev–Trinajstić information content (AvgIpc) is 2.42. The predicted molar refractivity (Wildman–Crippen MR) is 77.0 cm³/mol. The fourth-order valence-electron chi connectivity index (χ4n) is 2.24. The van der Waals surface area contributed by atoms with Crippen molar-refractivity contribution in [2.75, 3.05) is 13.6 Å². The van der Waals surface area contributed by atoms with Crippen molar-refractivity contribution in [2.24, 2.45) is 11.1 Å². The zero-order chi connectivity index (χ0) is 14.7. The minimum absolute atomic E-state index is 0.0475. The van der Waals surface area contributed by atoms with Crippen LogP contribution in [-0.2, 0) is 0 Å². The number of nitro groups is 1. The molecule has 0 saturated carbocycles. The van der Waals surface area contributed by atoms with Gasteiger partial charge >= 0.3 is 0 Å². The molecule has 1 heterocycles. The smallest absolute Gasteiger partial charge is 0.269 e. The second-order valence-corrected chi connectivity index (χ2v) is 5.32. The summed E-state index contributed by atoms with van der Waals surface area (Å²) in [7, 11) is 2.11. The molecular weight excluding hydrogens is 258 g/mol. The van der Waals surface area contributed by atoms with Crippen LogP contribution in [0.3, 0.4) is 0 Å². The van der Waals surface area contributed by atoms with Crippen LogP contribution in [0.2, 0.25) is 0 Å². The van der Waals surface area contributed by atoms with Crippen LogP contribution in [-0.4, -0.2) is 35.2 Å². The van der Waals surface area contributed by atoms with Crippen LogP contribution in [0.1, 0.15) is 20.3 Å². The lowest BCUT2D eigenvalue weighted by Crippen LogP contribution is -2.43. The molecule has 2 rings (SSSR count). The molecular formula is C14H19N3O3. The maximum absolute atomic E-state index is 10.6. The van der Waals surface area contributed by atoms with Gasteiger partial charge in [0.1, 0.15) is 0 Å². The summed E-state index contributed by atoms with van der Waals surface area (Å²) in [6, 6.07) is 6.40. The molecule has 1 aliphatic rings. The number of nitro benzene ring substituents is 1. The van der Waals surface area contributed by atoms with E-state index in [4.69, 9.17) is 4.84 Å². The molecule has 0 aromatic heterocycles. The number of hydrogen-bond donors (Lipinski definition) is 0. The topological polar surface area (TPSA) is 68.0 Å². The van der Waals surface area contributed by atoms with E-state index in [0.29, 0.717) is 17.7 Å². The van der Waals surface area contributed by atoms with Gasteiger partial charge in [0.2, 0.25) is 0 Å². The third-order valence-electron chi connectivity index (χ3n) is 3.70. The van der Waals surface area contributed by atoms with Gasteiger partial charge in [-0.15, -0.1) is 0 Å². The van der Waals surface area contributed by atoms with E-state index in [9.17, 15) is 10.1 Å². The molecule has 2 unspecified atom stereocenters. The number of non-ortho nitro benzene ring substituents is 1. The van der Waals surface area contributed by atoms with Crippen LogP contribution in [0.15, 0.2) is 29.4 Å². The van der Waals surface area contributed by atoms with Gasteiger partial charge in [-0.2, -0.15) is 0 Å². The van der Waals surface area contributed by atoms with Crippen molar-refractivity contribution in [1.82, 2.24) is 4.90 Å². The van der Waals surface area contributed by atoms with Gasteiger partial charge in [0.05, 0.1) is 10.6 Å². The molecule has 0 N–H and O–H groups in total. The summed E-state index contributed by atoms with van der Waals surface area (Å²) >= 11 is 0. The lowest BCUT2D eigenvalue weighted by molar-refractivity contribution is -0.384. The summed E-state index contributed by atoms with van der Waals surface area (Å²) in [5.41, 5.74) is 1.08. The standard InChI is InChI=1S/C14H19N3O3/c1-10-9-16(3)11(2)8-14(10)15-20-13-6-4-12(5-7-13)17(18)19/h4-7,10-11H,8-9H2,1-3H3. The maximum Gasteiger partial charge on any atom is 0.269 e. The van der Waals surface area contributed by atoms with Crippen molar-refractivity contribution in [2.45, 2.75) is 26.3 Å². The molecule has 20 heavy (non-hydrogen) atoms. The third kappa shape index (κ3) is 3.33. The van der Waals surface area contributed by atoms with E-state index in [1.807, 2.05) is 0 Å². The minimum Gasteiger partial charge on any atom is -0.357 e. The quantitative estimate of drug-likeness (QED) is 0.629. The molecule has 0 radical (unpaired) electrons. The molecule has 0 bridgehead atoms. The van der Waals surface area contributed by atoms with Crippen molar-refractivity contribution in [3.63, 3.8) is 0 Å². The third-order valence-corrected chi connectivity index (χ3v) is 3.70. The highest BCUT2D eigenvalue weighted by molar-refractivity contribution is 5.87. The summed E-state index contributed by atoms with van der Waals surface area (Å²) in [4.78, 5) is 17.8. The highest BCUT2D eigenvalue weighted by Gasteiger charge is 2.25. The first-order valence-corrected chi connectivity index (χ1v) is 6.66. The van der Waals surface area contributed by atoms with Crippen molar-refractivity contribution >= 4 is 11.4 Å². The SMILES string of the molecule is CC1CN(C)C(C)CC1=NOc1ccc([N+](=O)[O-])cc1. The van der Waals surface area contributed by atoms with Gasteiger partial charge in [-0.25, -0.2) is 0 Å². The van der Waals surface area contributed by atoms with Crippen molar-refractivity contribution in [3.8, 4) is 5.75 Å². The first kappa shape index (κ1) is 14.5. The first-order valence-electron chi connectivity index (χ1n) is 6.66. The molecule has 6 nitrogen and oxygen atoms in total. The molecule has 1 saturated heterocycles. The van der Waals surface area contributed by atoms with Crippen LogP contribution >= 0.6 is 0 Å². The number of oxime groups is 1. The van der Waals surface area contributed by atoms with Crippen molar-refractivity contribution in [3.05, 3.63) is 34.4 Å². The van der Waals surface area contributed by atoms with Crippen LogP contribution in [0.5, 0.6) is 5.75 Å². The van der Waals surface area contributed by atoms with E-state index in [1.54, 1.807) is 12.1 Å². The molecule has 0 amide bonds. The number of benzene rings is 1. The summed E-state index contributed by atoms with van der Waals surface area (Å²) in [6.07, 6.45) is 0.880. The van der Waals surface area contributed by atoms with E-state index in [1.165, 1.54) is 12.1 Å². The van der Waals surface area contributed by atoms with E-state index < -0.39 is 4.92 Å². The van der Waals surface area contributed by atoms with E-state index in [2.05, 4.69) is 31.0 Å². The minimum atomic E-state index is -0.434. The number of nitrogens with zero attached hydrogens (tertiary/aromatic N) is 3. The summed E-state index contributed by atoms with van der Waals surface area (Å²) < 4.78 is 0. The highest BCUT2D eigenvalue weighted by atomic mass is 16.6. The Morgan fingerprint density at radius 1 is 1.35 bits per heavy atom. The maximum atomic E-state index is 10.6. The van der Waals surface area contributed by atoms with Gasteiger partial charge in [0.15, 0.2) is 5.75 Å². The molecule has 2 atom stereocenters. The van der Waals surface area contributed by atoms with E-state index in [-0.39, 0.29) is 5.69 Å². The number of rotatable bonds is 3. The zero-order valence-electron chi connectivity index (χ0n) is 11.9. The largest absolute Gasteiger partial charge is 0.357 e. The van der Waals surface area contributed by atoms with E-state index in [0.717, 1.165) is 18.7 Å². The molecule has 1 aromatic rings. The van der Waals surface area contributed by atoms with Crippen molar-refractivity contribution in [1.29, 1.82) is 0 Å². The fourth-order valence-corrected chi connectivity index (χ4v) is 2.24. The normalized spacial score (nSPS) is 25.6. The molecule has 6 heteroatoms. The predicted octanol–water partition coefficient (Wildman–Crippen LogP) is 2.69. The Hall–Kier alpha value is -1.95.